The van der Waals surface area contributed by atoms with E-state index in [1.165, 1.54) is 40.7 Å². The monoisotopic (exact) mass is 435 g/mol. The largest absolute Gasteiger partial charge is 0.421 e. The van der Waals surface area contributed by atoms with Crippen molar-refractivity contribution in [3.05, 3.63) is 57.0 Å². The van der Waals surface area contributed by atoms with Crippen LogP contribution in [-0.2, 0) is 10.0 Å². The lowest BCUT2D eigenvalue weighted by atomic mass is 10.2. The molecule has 0 fully saturated rings. The highest BCUT2D eigenvalue weighted by molar-refractivity contribution is 7.89. The molecule has 0 bridgehead atoms. The molecule has 2 rings (SSSR count). The van der Waals surface area contributed by atoms with Gasteiger partial charge in [-0.15, -0.1) is 0 Å². The van der Waals surface area contributed by atoms with E-state index in [0.29, 0.717) is 18.1 Å². The molecule has 0 atom stereocenters. The SMILES string of the molecule is CCN(CC)S(=O)(=O)c1ccc(Cl)c(C(=O)Oc2ccc(Cl)cc2Cl)c1. The summed E-state index contributed by atoms with van der Waals surface area (Å²) in [4.78, 5) is 12.4. The Bertz CT molecular complexity index is 928. The van der Waals surface area contributed by atoms with E-state index in [-0.39, 0.29) is 26.3 Å². The zero-order chi connectivity index (χ0) is 19.5. The van der Waals surface area contributed by atoms with Crippen LogP contribution in [0.4, 0.5) is 0 Å². The number of halogens is 3. The molecular weight excluding hydrogens is 421 g/mol. The van der Waals surface area contributed by atoms with Crippen LogP contribution >= 0.6 is 34.8 Å². The quantitative estimate of drug-likeness (QED) is 0.477. The van der Waals surface area contributed by atoms with Crippen molar-refractivity contribution >= 4 is 50.8 Å². The molecule has 26 heavy (non-hydrogen) atoms. The van der Waals surface area contributed by atoms with Gasteiger partial charge < -0.3 is 4.74 Å². The van der Waals surface area contributed by atoms with Gasteiger partial charge in [0.1, 0.15) is 5.75 Å². The van der Waals surface area contributed by atoms with Gasteiger partial charge in [-0.1, -0.05) is 48.7 Å². The van der Waals surface area contributed by atoms with Crippen LogP contribution in [0.1, 0.15) is 24.2 Å². The van der Waals surface area contributed by atoms with Crippen LogP contribution in [0.3, 0.4) is 0 Å². The highest BCUT2D eigenvalue weighted by Crippen LogP contribution is 2.30. The van der Waals surface area contributed by atoms with E-state index >= 15 is 0 Å². The minimum atomic E-state index is -3.74. The normalized spacial score (nSPS) is 11.6. The van der Waals surface area contributed by atoms with E-state index in [9.17, 15) is 13.2 Å². The molecule has 0 unspecified atom stereocenters. The zero-order valence-corrected chi connectivity index (χ0v) is 17.1. The first kappa shape index (κ1) is 21.0. The molecule has 0 amide bonds. The lowest BCUT2D eigenvalue weighted by Crippen LogP contribution is -2.30. The van der Waals surface area contributed by atoms with Gasteiger partial charge in [-0.3, -0.25) is 0 Å². The van der Waals surface area contributed by atoms with Gasteiger partial charge in [-0.05, 0) is 36.4 Å². The third-order valence-electron chi connectivity index (χ3n) is 3.60. The molecule has 2 aromatic rings. The van der Waals surface area contributed by atoms with Gasteiger partial charge in [0.25, 0.3) is 0 Å². The molecule has 0 aromatic heterocycles. The van der Waals surface area contributed by atoms with Crippen molar-refractivity contribution in [2.24, 2.45) is 0 Å². The third kappa shape index (κ3) is 4.50. The van der Waals surface area contributed by atoms with Gasteiger partial charge in [0.2, 0.25) is 10.0 Å². The summed E-state index contributed by atoms with van der Waals surface area (Å²) in [6.45, 7) is 4.08. The van der Waals surface area contributed by atoms with Gasteiger partial charge in [0.15, 0.2) is 0 Å². The summed E-state index contributed by atoms with van der Waals surface area (Å²) in [6, 6.07) is 8.27. The predicted molar refractivity (Wildman–Crippen MR) is 103 cm³/mol. The van der Waals surface area contributed by atoms with E-state index < -0.39 is 16.0 Å². The Labute approximate surface area is 167 Å². The Hall–Kier alpha value is -1.31. The fourth-order valence-corrected chi connectivity index (χ4v) is 4.37. The fourth-order valence-electron chi connectivity index (χ4n) is 2.25. The van der Waals surface area contributed by atoms with Crippen LogP contribution in [0.25, 0.3) is 0 Å². The number of ether oxygens (including phenoxy) is 1. The van der Waals surface area contributed by atoms with Crippen molar-refractivity contribution in [3.63, 3.8) is 0 Å². The molecule has 0 aliphatic carbocycles. The number of rotatable bonds is 6. The molecule has 0 aliphatic heterocycles. The van der Waals surface area contributed by atoms with Crippen LogP contribution in [0.15, 0.2) is 41.3 Å². The Kier molecular flexibility index (Phi) is 6.93. The maximum Gasteiger partial charge on any atom is 0.345 e. The first-order valence-corrected chi connectivity index (χ1v) is 10.2. The Morgan fingerprint density at radius 2 is 1.65 bits per heavy atom. The molecule has 9 heteroatoms. The average Bonchev–Trinajstić information content (AvgIpc) is 2.58. The highest BCUT2D eigenvalue weighted by atomic mass is 35.5. The number of nitrogens with zero attached hydrogens (tertiary/aromatic N) is 1. The Morgan fingerprint density at radius 3 is 2.23 bits per heavy atom. The van der Waals surface area contributed by atoms with Crippen LogP contribution in [-0.4, -0.2) is 31.8 Å². The first-order chi connectivity index (χ1) is 12.2. The van der Waals surface area contributed by atoms with Crippen molar-refractivity contribution < 1.29 is 17.9 Å². The molecule has 0 N–H and O–H groups in total. The van der Waals surface area contributed by atoms with Gasteiger partial charge >= 0.3 is 5.97 Å². The number of carbonyl (C=O) groups excluding carboxylic acids is 1. The van der Waals surface area contributed by atoms with Gasteiger partial charge in [0, 0.05) is 18.1 Å². The van der Waals surface area contributed by atoms with Crippen LogP contribution in [0.2, 0.25) is 15.1 Å². The topological polar surface area (TPSA) is 63.7 Å². The number of hydrogen-bond donors (Lipinski definition) is 0. The van der Waals surface area contributed by atoms with E-state index in [1.54, 1.807) is 13.8 Å². The standard InChI is InChI=1S/C17H16Cl3NO4S/c1-3-21(4-2)26(23,24)12-6-7-14(19)13(10-12)17(22)25-16-8-5-11(18)9-15(16)20/h5-10H,3-4H2,1-2H3. The van der Waals surface area contributed by atoms with Gasteiger partial charge in [0.05, 0.1) is 20.5 Å². The maximum absolute atomic E-state index is 12.6. The summed E-state index contributed by atoms with van der Waals surface area (Å²) in [5.41, 5.74) is -0.0779. The van der Waals surface area contributed by atoms with E-state index in [0.717, 1.165) is 0 Å². The summed E-state index contributed by atoms with van der Waals surface area (Å²) in [6.07, 6.45) is 0. The number of esters is 1. The Balaban J connectivity index is 2.39. The van der Waals surface area contributed by atoms with E-state index in [1.807, 2.05) is 0 Å². The summed E-state index contributed by atoms with van der Waals surface area (Å²) >= 11 is 17.8. The molecule has 0 radical (unpaired) electrons. The van der Waals surface area contributed by atoms with Crippen molar-refractivity contribution in [2.75, 3.05) is 13.1 Å². The van der Waals surface area contributed by atoms with E-state index in [2.05, 4.69) is 0 Å². The second-order valence-electron chi connectivity index (χ2n) is 5.20. The summed E-state index contributed by atoms with van der Waals surface area (Å²) in [7, 11) is -3.74. The molecule has 5 nitrogen and oxygen atoms in total. The minimum Gasteiger partial charge on any atom is -0.421 e. The van der Waals surface area contributed by atoms with Crippen molar-refractivity contribution in [1.29, 1.82) is 0 Å². The fraction of sp³-hybridized carbons (Fsp3) is 0.235. The number of carbonyl (C=O) groups is 1. The van der Waals surface area contributed by atoms with Crippen molar-refractivity contribution in [3.8, 4) is 5.75 Å². The minimum absolute atomic E-state index is 0.0419. The summed E-state index contributed by atoms with van der Waals surface area (Å²) < 4.78 is 31.8. The summed E-state index contributed by atoms with van der Waals surface area (Å²) in [5, 5.41) is 0.604. The lowest BCUT2D eigenvalue weighted by Gasteiger charge is -2.19. The van der Waals surface area contributed by atoms with Crippen molar-refractivity contribution in [2.45, 2.75) is 18.7 Å². The molecule has 0 saturated heterocycles. The zero-order valence-electron chi connectivity index (χ0n) is 14.0. The lowest BCUT2D eigenvalue weighted by molar-refractivity contribution is 0.0735. The molecule has 140 valence electrons. The van der Waals surface area contributed by atoms with Gasteiger partial charge in [-0.2, -0.15) is 4.31 Å². The molecule has 0 aliphatic rings. The van der Waals surface area contributed by atoms with Crippen molar-refractivity contribution in [1.82, 2.24) is 4.31 Å². The molecule has 0 spiro atoms. The number of benzene rings is 2. The summed E-state index contributed by atoms with van der Waals surface area (Å²) in [5.74, 6) is -0.732. The van der Waals surface area contributed by atoms with Crippen LogP contribution < -0.4 is 4.74 Å². The van der Waals surface area contributed by atoms with Gasteiger partial charge in [-0.25, -0.2) is 13.2 Å². The van der Waals surface area contributed by atoms with Crippen LogP contribution in [0, 0.1) is 0 Å². The molecule has 0 heterocycles. The predicted octanol–water partition coefficient (Wildman–Crippen LogP) is 4.90. The second kappa shape index (κ2) is 8.59. The highest BCUT2D eigenvalue weighted by Gasteiger charge is 2.24. The second-order valence-corrected chi connectivity index (χ2v) is 8.38. The Morgan fingerprint density at radius 1 is 1.00 bits per heavy atom. The smallest absolute Gasteiger partial charge is 0.345 e. The molecular formula is C17H16Cl3NO4S. The molecule has 0 saturated carbocycles. The number of hydrogen-bond acceptors (Lipinski definition) is 4. The van der Waals surface area contributed by atoms with Crippen LogP contribution in [0.5, 0.6) is 5.75 Å². The molecule has 2 aromatic carbocycles. The average molecular weight is 437 g/mol. The third-order valence-corrected chi connectivity index (χ3v) is 6.50. The van der Waals surface area contributed by atoms with E-state index in [4.69, 9.17) is 39.5 Å². The first-order valence-electron chi connectivity index (χ1n) is 7.67. The maximum atomic E-state index is 12.6. The number of sulfonamides is 1.